The van der Waals surface area contributed by atoms with Crippen LogP contribution in [0.4, 0.5) is 4.79 Å². The van der Waals surface area contributed by atoms with Gasteiger partial charge in [-0.2, -0.15) is 0 Å². The average molecular weight is 390 g/mol. The van der Waals surface area contributed by atoms with Gasteiger partial charge in [-0.1, -0.05) is 0 Å². The zero-order chi connectivity index (χ0) is 14.9. The Balaban J connectivity index is 2.22. The monoisotopic (exact) mass is 390 g/mol. The van der Waals surface area contributed by atoms with Gasteiger partial charge in [-0.05, 0) is 67.8 Å². The van der Waals surface area contributed by atoms with E-state index in [9.17, 15) is 9.59 Å². The molecule has 110 valence electrons. The summed E-state index contributed by atoms with van der Waals surface area (Å²) in [6, 6.07) is 1.86. The number of aromatic nitrogens is 1. The van der Waals surface area contributed by atoms with Gasteiger partial charge in [0.2, 0.25) is 0 Å². The van der Waals surface area contributed by atoms with E-state index < -0.39 is 5.60 Å². The number of ether oxygens (including phenoxy) is 1. The second-order valence-corrected chi connectivity index (χ2v) is 7.12. The number of fused-ring (bicyclic) bond motifs is 1. The molecule has 1 N–H and O–H groups in total. The smallest absolute Gasteiger partial charge is 0.410 e. The Labute approximate surface area is 131 Å². The van der Waals surface area contributed by atoms with Gasteiger partial charge in [-0.15, -0.1) is 0 Å². The largest absolute Gasteiger partial charge is 0.444 e. The van der Waals surface area contributed by atoms with E-state index >= 15 is 0 Å². The van der Waals surface area contributed by atoms with E-state index in [1.807, 2.05) is 49.4 Å². The standard InChI is InChI=1S/C14H19IN2O3/c1-14(2,3)20-13(19)17-6-4-5-11-9(8-17)7-10(15)12(18)16-11/h7H,4-6,8H2,1-3H3,(H,16,18). The Morgan fingerprint density at radius 3 is 2.80 bits per heavy atom. The lowest BCUT2D eigenvalue weighted by Crippen LogP contribution is -2.36. The average Bonchev–Trinajstić information content (AvgIpc) is 2.50. The minimum atomic E-state index is -0.494. The maximum Gasteiger partial charge on any atom is 0.410 e. The highest BCUT2D eigenvalue weighted by Gasteiger charge is 2.25. The highest BCUT2D eigenvalue weighted by molar-refractivity contribution is 14.1. The van der Waals surface area contributed by atoms with Crippen LogP contribution in [-0.4, -0.2) is 28.1 Å². The van der Waals surface area contributed by atoms with Crippen LogP contribution in [0.3, 0.4) is 0 Å². The Morgan fingerprint density at radius 1 is 1.45 bits per heavy atom. The van der Waals surface area contributed by atoms with E-state index in [-0.39, 0.29) is 11.7 Å². The summed E-state index contributed by atoms with van der Waals surface area (Å²) in [4.78, 5) is 28.4. The maximum absolute atomic E-state index is 12.2. The number of rotatable bonds is 0. The molecule has 0 bridgehead atoms. The molecule has 1 amide bonds. The third kappa shape index (κ3) is 3.74. The van der Waals surface area contributed by atoms with Crippen LogP contribution in [0.1, 0.15) is 38.4 Å². The van der Waals surface area contributed by atoms with Crippen LogP contribution in [0.5, 0.6) is 0 Å². The molecular weight excluding hydrogens is 371 g/mol. The first kappa shape index (κ1) is 15.3. The van der Waals surface area contributed by atoms with Crippen LogP contribution < -0.4 is 5.56 Å². The third-order valence-corrected chi connectivity index (χ3v) is 3.84. The van der Waals surface area contributed by atoms with Crippen molar-refractivity contribution in [1.29, 1.82) is 0 Å². The van der Waals surface area contributed by atoms with Crippen molar-refractivity contribution in [1.82, 2.24) is 9.88 Å². The summed E-state index contributed by atoms with van der Waals surface area (Å²) in [6.45, 7) is 6.70. The van der Waals surface area contributed by atoms with Crippen LogP contribution in [0.15, 0.2) is 10.9 Å². The van der Waals surface area contributed by atoms with Crippen molar-refractivity contribution >= 4 is 28.7 Å². The van der Waals surface area contributed by atoms with Crippen molar-refractivity contribution in [2.75, 3.05) is 6.54 Å². The molecule has 0 radical (unpaired) electrons. The Kier molecular flexibility index (Phi) is 4.41. The predicted octanol–water partition coefficient (Wildman–Crippen LogP) is 2.66. The molecule has 1 aromatic heterocycles. The van der Waals surface area contributed by atoms with Gasteiger partial charge in [-0.25, -0.2) is 4.79 Å². The zero-order valence-electron chi connectivity index (χ0n) is 12.0. The molecule has 6 heteroatoms. The number of nitrogens with zero attached hydrogens (tertiary/aromatic N) is 1. The van der Waals surface area contributed by atoms with Crippen molar-refractivity contribution in [3.05, 3.63) is 31.2 Å². The summed E-state index contributed by atoms with van der Waals surface area (Å²) in [5, 5.41) is 0. The molecule has 0 spiro atoms. The van der Waals surface area contributed by atoms with Gasteiger partial charge in [0.05, 0.1) is 10.1 Å². The molecule has 0 unspecified atom stereocenters. The van der Waals surface area contributed by atoms with Gasteiger partial charge >= 0.3 is 6.09 Å². The number of aryl methyl sites for hydroxylation is 1. The molecule has 0 fully saturated rings. The number of carbonyl (C=O) groups is 1. The minimum Gasteiger partial charge on any atom is -0.444 e. The molecule has 2 heterocycles. The number of H-pyrrole nitrogens is 1. The number of hydrogen-bond donors (Lipinski definition) is 1. The van der Waals surface area contributed by atoms with Gasteiger partial charge in [-0.3, -0.25) is 4.79 Å². The van der Waals surface area contributed by atoms with Gasteiger partial charge in [0.15, 0.2) is 0 Å². The summed E-state index contributed by atoms with van der Waals surface area (Å²) in [5.74, 6) is 0. The molecule has 0 atom stereocenters. The number of pyridine rings is 1. The predicted molar refractivity (Wildman–Crippen MR) is 84.7 cm³/mol. The highest BCUT2D eigenvalue weighted by Crippen LogP contribution is 2.19. The second-order valence-electron chi connectivity index (χ2n) is 5.96. The van der Waals surface area contributed by atoms with Gasteiger partial charge < -0.3 is 14.6 Å². The van der Waals surface area contributed by atoms with E-state index in [1.54, 1.807) is 4.90 Å². The summed E-state index contributed by atoms with van der Waals surface area (Å²) in [5.41, 5.74) is 1.37. The SMILES string of the molecule is CC(C)(C)OC(=O)N1CCCc2[nH]c(=O)c(I)cc2C1. The molecular formula is C14H19IN2O3. The zero-order valence-corrected chi connectivity index (χ0v) is 14.1. The molecule has 0 aromatic carbocycles. The normalized spacial score (nSPS) is 15.5. The Bertz CT molecular complexity index is 575. The lowest BCUT2D eigenvalue weighted by Gasteiger charge is -2.26. The van der Waals surface area contributed by atoms with Crippen molar-refractivity contribution in [3.63, 3.8) is 0 Å². The highest BCUT2D eigenvalue weighted by atomic mass is 127. The Hall–Kier alpha value is -1.05. The number of carbonyl (C=O) groups excluding carboxylic acids is 1. The number of nitrogens with one attached hydrogen (secondary N) is 1. The maximum atomic E-state index is 12.2. The molecule has 1 aromatic rings. The van der Waals surface area contributed by atoms with Crippen LogP contribution in [0, 0.1) is 3.57 Å². The van der Waals surface area contributed by atoms with Crippen LogP contribution in [0.2, 0.25) is 0 Å². The third-order valence-electron chi connectivity index (χ3n) is 3.04. The molecule has 1 aliphatic heterocycles. The number of amides is 1. The molecule has 0 aliphatic carbocycles. The molecule has 20 heavy (non-hydrogen) atoms. The first-order chi connectivity index (χ1) is 9.26. The molecule has 5 nitrogen and oxygen atoms in total. The van der Waals surface area contributed by atoms with Crippen LogP contribution in [0.25, 0.3) is 0 Å². The molecule has 2 rings (SSSR count). The van der Waals surface area contributed by atoms with E-state index in [0.29, 0.717) is 16.7 Å². The van der Waals surface area contributed by atoms with Crippen molar-refractivity contribution in [3.8, 4) is 0 Å². The fourth-order valence-corrected chi connectivity index (χ4v) is 2.67. The summed E-state index contributed by atoms with van der Waals surface area (Å²) < 4.78 is 6.06. The lowest BCUT2D eigenvalue weighted by molar-refractivity contribution is 0.0237. The summed E-state index contributed by atoms with van der Waals surface area (Å²) in [6.07, 6.45) is 1.30. The molecule has 0 saturated heterocycles. The van der Waals surface area contributed by atoms with Gasteiger partial charge in [0, 0.05) is 12.2 Å². The van der Waals surface area contributed by atoms with Crippen molar-refractivity contribution in [2.24, 2.45) is 0 Å². The van der Waals surface area contributed by atoms with Crippen LogP contribution in [-0.2, 0) is 17.7 Å². The Morgan fingerprint density at radius 2 is 2.15 bits per heavy atom. The van der Waals surface area contributed by atoms with E-state index in [1.165, 1.54) is 0 Å². The van der Waals surface area contributed by atoms with Gasteiger partial charge in [0.25, 0.3) is 5.56 Å². The fourth-order valence-electron chi connectivity index (χ4n) is 2.16. The molecule has 0 saturated carbocycles. The number of aromatic amines is 1. The first-order valence-corrected chi connectivity index (χ1v) is 7.72. The first-order valence-electron chi connectivity index (χ1n) is 6.65. The van der Waals surface area contributed by atoms with Crippen LogP contribution >= 0.6 is 22.6 Å². The number of halogens is 1. The summed E-state index contributed by atoms with van der Waals surface area (Å²) in [7, 11) is 0. The van der Waals surface area contributed by atoms with Crippen molar-refractivity contribution < 1.29 is 9.53 Å². The fraction of sp³-hybridized carbons (Fsp3) is 0.571. The summed E-state index contributed by atoms with van der Waals surface area (Å²) >= 11 is 2.01. The van der Waals surface area contributed by atoms with E-state index in [2.05, 4.69) is 4.98 Å². The quantitative estimate of drug-likeness (QED) is 0.693. The van der Waals surface area contributed by atoms with Crippen molar-refractivity contribution in [2.45, 2.75) is 45.8 Å². The lowest BCUT2D eigenvalue weighted by atomic mass is 10.1. The van der Waals surface area contributed by atoms with E-state index in [4.69, 9.17) is 4.74 Å². The van der Waals surface area contributed by atoms with E-state index in [0.717, 1.165) is 24.1 Å². The molecule has 1 aliphatic rings. The minimum absolute atomic E-state index is 0.0601. The second kappa shape index (κ2) is 5.75. The van der Waals surface area contributed by atoms with Gasteiger partial charge in [0.1, 0.15) is 5.60 Å². The number of hydrogen-bond acceptors (Lipinski definition) is 3. The topological polar surface area (TPSA) is 62.4 Å².